The minimum Gasteiger partial charge on any atom is -0.299 e. The van der Waals surface area contributed by atoms with Crippen LogP contribution in [-0.2, 0) is 11.2 Å². The predicted molar refractivity (Wildman–Crippen MR) is 99.0 cm³/mol. The summed E-state index contributed by atoms with van der Waals surface area (Å²) in [6.45, 7) is 6.53. The maximum atomic E-state index is 12.5. The average Bonchev–Trinajstić information content (AvgIpc) is 2.58. The third-order valence-electron chi connectivity index (χ3n) is 5.48. The van der Waals surface area contributed by atoms with Crippen LogP contribution in [0.5, 0.6) is 0 Å². The molecule has 0 N–H and O–H groups in total. The molecule has 2 nitrogen and oxygen atoms in total. The molecule has 1 heterocycles. The second-order valence-corrected chi connectivity index (χ2v) is 7.45. The zero-order chi connectivity index (χ0) is 17.1. The fourth-order valence-electron chi connectivity index (χ4n) is 3.53. The normalized spacial score (nSPS) is 20.8. The number of aromatic nitrogens is 1. The number of hydrogen-bond donors (Lipinski definition) is 0. The van der Waals surface area contributed by atoms with Crippen molar-refractivity contribution in [3.8, 4) is 11.3 Å². The lowest BCUT2D eigenvalue weighted by Crippen LogP contribution is -2.22. The van der Waals surface area contributed by atoms with Gasteiger partial charge in [0.05, 0.1) is 5.69 Å². The van der Waals surface area contributed by atoms with E-state index in [1.54, 1.807) is 0 Å². The fraction of sp³-hybridized carbons (Fsp3) is 0.455. The Morgan fingerprint density at radius 1 is 1.04 bits per heavy atom. The Morgan fingerprint density at radius 3 is 2.42 bits per heavy atom. The third kappa shape index (κ3) is 3.92. The van der Waals surface area contributed by atoms with Crippen molar-refractivity contribution in [3.05, 3.63) is 53.2 Å². The molecule has 1 aromatic heterocycles. The van der Waals surface area contributed by atoms with Crippen molar-refractivity contribution in [2.75, 3.05) is 0 Å². The van der Waals surface area contributed by atoms with Gasteiger partial charge < -0.3 is 0 Å². The molecule has 1 aliphatic rings. The molecule has 0 spiro atoms. The number of ketones is 1. The number of rotatable bonds is 4. The first-order chi connectivity index (χ1) is 11.5. The molecule has 0 radical (unpaired) electrons. The molecule has 1 fully saturated rings. The first kappa shape index (κ1) is 16.9. The summed E-state index contributed by atoms with van der Waals surface area (Å²) in [4.78, 5) is 17.1. The van der Waals surface area contributed by atoms with Gasteiger partial charge in [-0.05, 0) is 61.4 Å². The lowest BCUT2D eigenvalue weighted by molar-refractivity contribution is -0.123. The van der Waals surface area contributed by atoms with Crippen molar-refractivity contribution < 1.29 is 4.79 Å². The Labute approximate surface area is 145 Å². The van der Waals surface area contributed by atoms with Gasteiger partial charge in [-0.2, -0.15) is 0 Å². The smallest absolute Gasteiger partial charge is 0.140 e. The van der Waals surface area contributed by atoms with Crippen molar-refractivity contribution >= 4 is 5.78 Å². The molecule has 0 aliphatic heterocycles. The quantitative estimate of drug-likeness (QED) is 0.764. The molecule has 3 rings (SSSR count). The maximum absolute atomic E-state index is 12.5. The summed E-state index contributed by atoms with van der Waals surface area (Å²) in [6.07, 6.45) is 6.91. The maximum Gasteiger partial charge on any atom is 0.140 e. The summed E-state index contributed by atoms with van der Waals surface area (Å²) >= 11 is 0. The van der Waals surface area contributed by atoms with E-state index < -0.39 is 0 Å². The largest absolute Gasteiger partial charge is 0.299 e. The first-order valence-electron chi connectivity index (χ1n) is 9.08. The molecule has 0 bridgehead atoms. The van der Waals surface area contributed by atoms with E-state index in [9.17, 15) is 4.79 Å². The Hall–Kier alpha value is -1.96. The SMILES string of the molecule is Cc1ccc(-c2ccc(CC(=O)C3CCC(C)CC3)cn2)cc1C. The van der Waals surface area contributed by atoms with E-state index in [2.05, 4.69) is 50.0 Å². The number of benzene rings is 1. The number of Topliss-reactive ketones (excluding diaryl/α,β-unsaturated/α-hetero) is 1. The van der Waals surface area contributed by atoms with E-state index in [1.807, 2.05) is 12.3 Å². The van der Waals surface area contributed by atoms with Gasteiger partial charge in [0.2, 0.25) is 0 Å². The summed E-state index contributed by atoms with van der Waals surface area (Å²) in [5.74, 6) is 1.44. The van der Waals surface area contributed by atoms with Crippen LogP contribution in [-0.4, -0.2) is 10.8 Å². The zero-order valence-electron chi connectivity index (χ0n) is 15.0. The molecule has 2 heteroatoms. The summed E-state index contributed by atoms with van der Waals surface area (Å²) in [5.41, 5.74) is 5.71. The first-order valence-corrected chi connectivity index (χ1v) is 9.08. The lowest BCUT2D eigenvalue weighted by atomic mass is 9.80. The molecule has 1 aliphatic carbocycles. The van der Waals surface area contributed by atoms with E-state index in [4.69, 9.17) is 0 Å². The Morgan fingerprint density at radius 2 is 1.79 bits per heavy atom. The van der Waals surface area contributed by atoms with Crippen molar-refractivity contribution in [2.24, 2.45) is 11.8 Å². The number of aryl methyl sites for hydroxylation is 2. The highest BCUT2D eigenvalue weighted by atomic mass is 16.1. The summed E-state index contributed by atoms with van der Waals surface area (Å²) < 4.78 is 0. The van der Waals surface area contributed by atoms with Gasteiger partial charge >= 0.3 is 0 Å². The second kappa shape index (κ2) is 7.29. The summed E-state index contributed by atoms with van der Waals surface area (Å²) in [5, 5.41) is 0. The molecule has 0 atom stereocenters. The molecule has 0 saturated heterocycles. The minimum atomic E-state index is 0.264. The zero-order valence-corrected chi connectivity index (χ0v) is 15.0. The van der Waals surface area contributed by atoms with E-state index in [-0.39, 0.29) is 5.92 Å². The lowest BCUT2D eigenvalue weighted by Gasteiger charge is -2.25. The van der Waals surface area contributed by atoms with E-state index >= 15 is 0 Å². The van der Waals surface area contributed by atoms with E-state index in [0.717, 1.165) is 35.6 Å². The Kier molecular flexibility index (Phi) is 5.13. The average molecular weight is 321 g/mol. The number of hydrogen-bond acceptors (Lipinski definition) is 2. The second-order valence-electron chi connectivity index (χ2n) is 7.45. The van der Waals surface area contributed by atoms with Crippen LogP contribution < -0.4 is 0 Å². The number of carbonyl (C=O) groups is 1. The highest BCUT2D eigenvalue weighted by Crippen LogP contribution is 2.29. The molecule has 2 aromatic rings. The van der Waals surface area contributed by atoms with Crippen LogP contribution in [0.1, 0.15) is 49.3 Å². The Balaban J connectivity index is 1.66. The highest BCUT2D eigenvalue weighted by Gasteiger charge is 2.24. The number of pyridine rings is 1. The van der Waals surface area contributed by atoms with Crippen LogP contribution in [0.4, 0.5) is 0 Å². The van der Waals surface area contributed by atoms with Gasteiger partial charge in [0.15, 0.2) is 0 Å². The van der Waals surface area contributed by atoms with Crippen molar-refractivity contribution in [2.45, 2.75) is 52.9 Å². The van der Waals surface area contributed by atoms with Gasteiger partial charge in [-0.15, -0.1) is 0 Å². The minimum absolute atomic E-state index is 0.264. The molecule has 0 amide bonds. The van der Waals surface area contributed by atoms with Gasteiger partial charge in [0, 0.05) is 24.1 Å². The predicted octanol–water partition coefficient (Wildman–Crippen LogP) is 5.30. The molecule has 0 unspecified atom stereocenters. The standard InChI is InChI=1S/C22H27NO/c1-15-4-8-19(9-5-15)22(24)13-18-7-11-21(23-14-18)20-10-6-16(2)17(3)12-20/h6-7,10-12,14-15,19H,4-5,8-9,13H2,1-3H3. The highest BCUT2D eigenvalue weighted by molar-refractivity contribution is 5.83. The molecule has 1 aromatic carbocycles. The van der Waals surface area contributed by atoms with Gasteiger partial charge in [-0.25, -0.2) is 0 Å². The van der Waals surface area contributed by atoms with E-state index in [1.165, 1.54) is 24.0 Å². The molecule has 1 saturated carbocycles. The van der Waals surface area contributed by atoms with Crippen LogP contribution in [0.2, 0.25) is 0 Å². The fourth-order valence-corrected chi connectivity index (χ4v) is 3.53. The van der Waals surface area contributed by atoms with Gasteiger partial charge in [0.25, 0.3) is 0 Å². The monoisotopic (exact) mass is 321 g/mol. The van der Waals surface area contributed by atoms with Gasteiger partial charge in [-0.1, -0.05) is 38.0 Å². The van der Waals surface area contributed by atoms with Crippen molar-refractivity contribution in [1.82, 2.24) is 4.98 Å². The molecule has 24 heavy (non-hydrogen) atoms. The third-order valence-corrected chi connectivity index (χ3v) is 5.48. The molecular formula is C22H27NO. The Bertz CT molecular complexity index is 709. The molecular weight excluding hydrogens is 294 g/mol. The van der Waals surface area contributed by atoms with Crippen LogP contribution in [0, 0.1) is 25.7 Å². The van der Waals surface area contributed by atoms with Crippen LogP contribution in [0.3, 0.4) is 0 Å². The van der Waals surface area contributed by atoms with Crippen molar-refractivity contribution in [1.29, 1.82) is 0 Å². The van der Waals surface area contributed by atoms with Crippen LogP contribution in [0.25, 0.3) is 11.3 Å². The van der Waals surface area contributed by atoms with Gasteiger partial charge in [-0.3, -0.25) is 9.78 Å². The van der Waals surface area contributed by atoms with Crippen LogP contribution in [0.15, 0.2) is 36.5 Å². The van der Waals surface area contributed by atoms with E-state index in [0.29, 0.717) is 12.2 Å². The summed E-state index contributed by atoms with van der Waals surface area (Å²) in [7, 11) is 0. The summed E-state index contributed by atoms with van der Waals surface area (Å²) in [6, 6.07) is 10.5. The van der Waals surface area contributed by atoms with Gasteiger partial charge in [0.1, 0.15) is 5.78 Å². The van der Waals surface area contributed by atoms with Crippen LogP contribution >= 0.6 is 0 Å². The number of carbonyl (C=O) groups excluding carboxylic acids is 1. The molecule has 126 valence electrons. The van der Waals surface area contributed by atoms with Crippen molar-refractivity contribution in [3.63, 3.8) is 0 Å². The topological polar surface area (TPSA) is 30.0 Å². The number of nitrogens with zero attached hydrogens (tertiary/aromatic N) is 1.